The highest BCUT2D eigenvalue weighted by atomic mass is 16.4. The zero-order valence-electron chi connectivity index (χ0n) is 11.1. The minimum absolute atomic E-state index is 0.0174. The van der Waals surface area contributed by atoms with Gasteiger partial charge in [0.05, 0.1) is 10.9 Å². The van der Waals surface area contributed by atoms with Crippen molar-refractivity contribution in [3.05, 3.63) is 75.6 Å². The van der Waals surface area contributed by atoms with Crippen LogP contribution in [0.3, 0.4) is 0 Å². The van der Waals surface area contributed by atoms with Gasteiger partial charge < -0.3 is 9.52 Å². The summed E-state index contributed by atoms with van der Waals surface area (Å²) in [6, 6.07) is 15.0. The quantitative estimate of drug-likeness (QED) is 0.723. The molecule has 0 saturated heterocycles. The van der Waals surface area contributed by atoms with E-state index in [1.807, 2.05) is 49.4 Å². The fraction of sp³-hybridized carbons (Fsp3) is 0.118. The Bertz CT molecular complexity index is 817. The van der Waals surface area contributed by atoms with Gasteiger partial charge in [-0.1, -0.05) is 42.5 Å². The van der Waals surface area contributed by atoms with E-state index in [1.54, 1.807) is 6.07 Å². The van der Waals surface area contributed by atoms with Gasteiger partial charge in [-0.05, 0) is 24.1 Å². The molecule has 1 heterocycles. The number of fused-ring (bicyclic) bond motifs is 1. The average Bonchev–Trinajstić information content (AvgIpc) is 2.46. The molecule has 3 heteroatoms. The average molecular weight is 266 g/mol. The molecule has 3 nitrogen and oxygen atoms in total. The minimum Gasteiger partial charge on any atom is -0.507 e. The molecule has 0 saturated carbocycles. The van der Waals surface area contributed by atoms with E-state index in [2.05, 4.69) is 0 Å². The maximum Gasteiger partial charge on any atom is 0.343 e. The lowest BCUT2D eigenvalue weighted by molar-refractivity contribution is 0.458. The molecule has 0 bridgehead atoms. The Kier molecular flexibility index (Phi) is 3.03. The van der Waals surface area contributed by atoms with E-state index in [1.165, 1.54) is 0 Å². The molecule has 3 rings (SSSR count). The number of hydrogen-bond acceptors (Lipinski definition) is 3. The molecule has 0 spiro atoms. The van der Waals surface area contributed by atoms with Crippen molar-refractivity contribution in [3.63, 3.8) is 0 Å². The Morgan fingerprint density at radius 2 is 1.80 bits per heavy atom. The van der Waals surface area contributed by atoms with Gasteiger partial charge in [-0.15, -0.1) is 0 Å². The Hall–Kier alpha value is -2.55. The van der Waals surface area contributed by atoms with E-state index in [0.717, 1.165) is 11.1 Å². The lowest BCUT2D eigenvalue weighted by Crippen LogP contribution is -2.08. The summed E-state index contributed by atoms with van der Waals surface area (Å²) in [6.45, 7) is 1.85. The van der Waals surface area contributed by atoms with Gasteiger partial charge in [0.25, 0.3) is 0 Å². The van der Waals surface area contributed by atoms with Crippen molar-refractivity contribution in [2.24, 2.45) is 0 Å². The molecule has 2 aromatic carbocycles. The Balaban J connectivity index is 2.19. The standard InChI is InChI=1S/C17H14O3/c1-11-6-5-9-13-15(18)14(17(19)20-16(11)13)10-12-7-3-2-4-8-12/h2-9,18H,10H2,1H3. The van der Waals surface area contributed by atoms with Gasteiger partial charge >= 0.3 is 5.63 Å². The van der Waals surface area contributed by atoms with Crippen LogP contribution in [-0.2, 0) is 6.42 Å². The third-order valence-electron chi connectivity index (χ3n) is 3.42. The molecule has 1 N–H and O–H groups in total. The van der Waals surface area contributed by atoms with Crippen LogP contribution in [0.4, 0.5) is 0 Å². The van der Waals surface area contributed by atoms with Crippen molar-refractivity contribution >= 4 is 11.0 Å². The highest BCUT2D eigenvalue weighted by Gasteiger charge is 2.15. The van der Waals surface area contributed by atoms with Crippen molar-refractivity contribution in [2.75, 3.05) is 0 Å². The first-order valence-corrected chi connectivity index (χ1v) is 6.45. The third-order valence-corrected chi connectivity index (χ3v) is 3.42. The van der Waals surface area contributed by atoms with Crippen LogP contribution in [0.15, 0.2) is 57.7 Å². The molecule has 0 atom stereocenters. The van der Waals surface area contributed by atoms with Crippen molar-refractivity contribution in [1.29, 1.82) is 0 Å². The van der Waals surface area contributed by atoms with Crippen LogP contribution in [0.25, 0.3) is 11.0 Å². The summed E-state index contributed by atoms with van der Waals surface area (Å²) in [7, 11) is 0. The summed E-state index contributed by atoms with van der Waals surface area (Å²) in [4.78, 5) is 12.1. The number of para-hydroxylation sites is 1. The predicted molar refractivity (Wildman–Crippen MR) is 78.1 cm³/mol. The molecule has 0 amide bonds. The molecule has 0 aliphatic carbocycles. The highest BCUT2D eigenvalue weighted by molar-refractivity contribution is 5.86. The first kappa shape index (κ1) is 12.5. The number of benzene rings is 2. The van der Waals surface area contributed by atoms with Crippen molar-refractivity contribution < 1.29 is 9.52 Å². The smallest absolute Gasteiger partial charge is 0.343 e. The predicted octanol–water partition coefficient (Wildman–Crippen LogP) is 3.40. The van der Waals surface area contributed by atoms with Crippen LogP contribution >= 0.6 is 0 Å². The van der Waals surface area contributed by atoms with Gasteiger partial charge in [-0.2, -0.15) is 0 Å². The van der Waals surface area contributed by atoms with Crippen LogP contribution in [0.1, 0.15) is 16.7 Å². The molecule has 0 radical (unpaired) electrons. The van der Waals surface area contributed by atoms with E-state index in [4.69, 9.17) is 4.42 Å². The Morgan fingerprint density at radius 3 is 2.55 bits per heavy atom. The molecule has 0 unspecified atom stereocenters. The topological polar surface area (TPSA) is 50.4 Å². The fourth-order valence-corrected chi connectivity index (χ4v) is 2.34. The molecule has 100 valence electrons. The molecule has 20 heavy (non-hydrogen) atoms. The summed E-state index contributed by atoms with van der Waals surface area (Å²) in [5.74, 6) is 0.0174. The second-order valence-corrected chi connectivity index (χ2v) is 4.83. The lowest BCUT2D eigenvalue weighted by Gasteiger charge is -2.07. The van der Waals surface area contributed by atoms with Gasteiger partial charge in [-0.3, -0.25) is 0 Å². The van der Waals surface area contributed by atoms with Gasteiger partial charge in [0.1, 0.15) is 11.3 Å². The maximum atomic E-state index is 12.1. The SMILES string of the molecule is Cc1cccc2c(O)c(Cc3ccccc3)c(=O)oc12. The summed E-state index contributed by atoms with van der Waals surface area (Å²) in [5.41, 5.74) is 2.07. The van der Waals surface area contributed by atoms with Gasteiger partial charge in [0.15, 0.2) is 0 Å². The van der Waals surface area contributed by atoms with Crippen LogP contribution in [0.5, 0.6) is 5.75 Å². The van der Waals surface area contributed by atoms with E-state index < -0.39 is 5.63 Å². The van der Waals surface area contributed by atoms with Gasteiger partial charge in [0.2, 0.25) is 0 Å². The number of aryl methyl sites for hydroxylation is 1. The van der Waals surface area contributed by atoms with Crippen molar-refractivity contribution in [2.45, 2.75) is 13.3 Å². The second-order valence-electron chi connectivity index (χ2n) is 4.83. The normalized spacial score (nSPS) is 10.8. The van der Waals surface area contributed by atoms with E-state index in [-0.39, 0.29) is 5.75 Å². The molecule has 3 aromatic rings. The molecular formula is C17H14O3. The summed E-state index contributed by atoms with van der Waals surface area (Å²) >= 11 is 0. The summed E-state index contributed by atoms with van der Waals surface area (Å²) in [6.07, 6.45) is 0.360. The zero-order chi connectivity index (χ0) is 14.1. The largest absolute Gasteiger partial charge is 0.507 e. The van der Waals surface area contributed by atoms with Gasteiger partial charge in [0, 0.05) is 6.42 Å². The fourth-order valence-electron chi connectivity index (χ4n) is 2.34. The van der Waals surface area contributed by atoms with Crippen LogP contribution < -0.4 is 5.63 Å². The van der Waals surface area contributed by atoms with E-state index in [9.17, 15) is 9.90 Å². The first-order chi connectivity index (χ1) is 9.66. The van der Waals surface area contributed by atoms with Crippen LogP contribution in [-0.4, -0.2) is 5.11 Å². The zero-order valence-corrected chi connectivity index (χ0v) is 11.1. The summed E-state index contributed by atoms with van der Waals surface area (Å²) < 4.78 is 5.36. The molecule has 0 aliphatic rings. The molecule has 0 aliphatic heterocycles. The van der Waals surface area contributed by atoms with Gasteiger partial charge in [-0.25, -0.2) is 4.79 Å². The van der Waals surface area contributed by atoms with E-state index in [0.29, 0.717) is 23.0 Å². The number of aromatic hydroxyl groups is 1. The van der Waals surface area contributed by atoms with E-state index >= 15 is 0 Å². The van der Waals surface area contributed by atoms with Crippen LogP contribution in [0.2, 0.25) is 0 Å². The molecular weight excluding hydrogens is 252 g/mol. The number of rotatable bonds is 2. The van der Waals surface area contributed by atoms with Crippen molar-refractivity contribution in [3.8, 4) is 5.75 Å². The third kappa shape index (κ3) is 2.07. The first-order valence-electron chi connectivity index (χ1n) is 6.45. The van der Waals surface area contributed by atoms with Crippen LogP contribution in [0, 0.1) is 6.92 Å². The Morgan fingerprint density at radius 1 is 1.05 bits per heavy atom. The second kappa shape index (κ2) is 4.85. The number of hydrogen-bond donors (Lipinski definition) is 1. The lowest BCUT2D eigenvalue weighted by atomic mass is 10.0. The Labute approximate surface area is 116 Å². The van der Waals surface area contributed by atoms with Crippen molar-refractivity contribution in [1.82, 2.24) is 0 Å². The molecule has 1 aromatic heterocycles. The maximum absolute atomic E-state index is 12.1. The monoisotopic (exact) mass is 266 g/mol. The summed E-state index contributed by atoms with van der Waals surface area (Å²) in [5, 5.41) is 10.9. The minimum atomic E-state index is -0.479. The highest BCUT2D eigenvalue weighted by Crippen LogP contribution is 2.29. The molecule has 0 fully saturated rings.